The highest BCUT2D eigenvalue weighted by atomic mass is 16.5. The number of hydrogen-bond donors (Lipinski definition) is 2. The van der Waals surface area contributed by atoms with Gasteiger partial charge in [0.2, 0.25) is 0 Å². The highest BCUT2D eigenvalue weighted by molar-refractivity contribution is 5.74. The second-order valence-electron chi connectivity index (χ2n) is 7.38. The predicted octanol–water partition coefficient (Wildman–Crippen LogP) is 2.93. The summed E-state index contributed by atoms with van der Waals surface area (Å²) in [7, 11) is 0. The summed E-state index contributed by atoms with van der Waals surface area (Å²) in [6, 6.07) is 10.4. The molecule has 0 radical (unpaired) electrons. The average molecular weight is 346 g/mol. The van der Waals surface area contributed by atoms with Crippen molar-refractivity contribution in [3.63, 3.8) is 0 Å². The summed E-state index contributed by atoms with van der Waals surface area (Å²) < 4.78 is 5.45. The lowest BCUT2D eigenvalue weighted by Gasteiger charge is -2.33. The third-order valence-corrected chi connectivity index (χ3v) is 5.35. The summed E-state index contributed by atoms with van der Waals surface area (Å²) in [5.41, 5.74) is 1.16. The summed E-state index contributed by atoms with van der Waals surface area (Å²) in [6.07, 6.45) is 5.14. The van der Waals surface area contributed by atoms with Gasteiger partial charge in [-0.15, -0.1) is 0 Å². The summed E-state index contributed by atoms with van der Waals surface area (Å²) in [4.78, 5) is 14.8. The first-order valence-electron chi connectivity index (χ1n) is 9.56. The molecule has 1 saturated heterocycles. The van der Waals surface area contributed by atoms with E-state index < -0.39 is 0 Å². The number of nitrogens with zero attached hydrogens (tertiary/aromatic N) is 1. The quantitative estimate of drug-likeness (QED) is 0.862. The van der Waals surface area contributed by atoms with Gasteiger partial charge in [-0.3, -0.25) is 0 Å². The molecular weight excluding hydrogens is 316 g/mol. The predicted molar refractivity (Wildman–Crippen MR) is 97.2 cm³/mol. The molecule has 1 saturated carbocycles. The minimum absolute atomic E-state index is 0.0248. The van der Waals surface area contributed by atoms with Gasteiger partial charge >= 0.3 is 6.03 Å². The number of amides is 2. The van der Waals surface area contributed by atoms with Crippen LogP contribution in [-0.2, 0) is 11.3 Å². The van der Waals surface area contributed by atoms with Crippen molar-refractivity contribution < 1.29 is 14.6 Å². The van der Waals surface area contributed by atoms with Crippen LogP contribution in [0.25, 0.3) is 0 Å². The molecule has 1 aromatic carbocycles. The number of rotatable bonds is 5. The third kappa shape index (κ3) is 5.72. The van der Waals surface area contributed by atoms with Gasteiger partial charge in [0.05, 0.1) is 6.10 Å². The molecule has 3 rings (SSSR count). The molecule has 5 heteroatoms. The molecule has 1 heterocycles. The van der Waals surface area contributed by atoms with Crippen molar-refractivity contribution >= 4 is 6.03 Å². The fourth-order valence-corrected chi connectivity index (χ4v) is 3.75. The van der Waals surface area contributed by atoms with Crippen molar-refractivity contribution in [1.29, 1.82) is 0 Å². The van der Waals surface area contributed by atoms with Crippen LogP contribution in [0.2, 0.25) is 0 Å². The molecule has 0 spiro atoms. The van der Waals surface area contributed by atoms with Gasteiger partial charge in [0.25, 0.3) is 0 Å². The molecule has 2 aliphatic rings. The third-order valence-electron chi connectivity index (χ3n) is 5.35. The first kappa shape index (κ1) is 18.2. The Labute approximate surface area is 150 Å². The largest absolute Gasteiger partial charge is 0.393 e. The number of hydrogen-bond acceptors (Lipinski definition) is 3. The van der Waals surface area contributed by atoms with Gasteiger partial charge in [-0.2, -0.15) is 0 Å². The van der Waals surface area contributed by atoms with E-state index in [9.17, 15) is 9.90 Å². The molecule has 25 heavy (non-hydrogen) atoms. The molecule has 5 nitrogen and oxygen atoms in total. The van der Waals surface area contributed by atoms with E-state index in [0.717, 1.165) is 63.8 Å². The zero-order valence-corrected chi connectivity index (χ0v) is 14.9. The van der Waals surface area contributed by atoms with E-state index in [1.54, 1.807) is 0 Å². The number of aliphatic hydroxyl groups is 1. The Bertz CT molecular complexity index is 523. The molecule has 2 N–H and O–H groups in total. The Morgan fingerprint density at radius 2 is 1.76 bits per heavy atom. The van der Waals surface area contributed by atoms with Crippen molar-refractivity contribution in [3.8, 4) is 0 Å². The molecule has 1 aromatic rings. The Kier molecular flexibility index (Phi) is 6.70. The van der Waals surface area contributed by atoms with Crippen LogP contribution < -0.4 is 5.32 Å². The fourth-order valence-electron chi connectivity index (χ4n) is 3.75. The van der Waals surface area contributed by atoms with Gasteiger partial charge in [0, 0.05) is 32.3 Å². The molecule has 2 amide bonds. The van der Waals surface area contributed by atoms with E-state index in [2.05, 4.69) is 17.4 Å². The van der Waals surface area contributed by atoms with Gasteiger partial charge < -0.3 is 20.1 Å². The van der Waals surface area contributed by atoms with E-state index >= 15 is 0 Å². The normalized spacial score (nSPS) is 24.7. The zero-order valence-electron chi connectivity index (χ0n) is 14.9. The van der Waals surface area contributed by atoms with Crippen molar-refractivity contribution in [2.45, 2.75) is 57.2 Å². The Morgan fingerprint density at radius 1 is 1.08 bits per heavy atom. The second-order valence-corrected chi connectivity index (χ2v) is 7.38. The first-order valence-corrected chi connectivity index (χ1v) is 9.56. The van der Waals surface area contributed by atoms with E-state index in [1.807, 2.05) is 23.1 Å². The number of ether oxygens (including phenoxy) is 1. The lowest BCUT2D eigenvalue weighted by molar-refractivity contribution is 0.0549. The SMILES string of the molecule is O=C(NC1CCC(O)CC1)N(Cc1ccccc1)CC1CCOCC1. The molecule has 2 fully saturated rings. The molecule has 0 bridgehead atoms. The van der Waals surface area contributed by atoms with Crippen LogP contribution >= 0.6 is 0 Å². The van der Waals surface area contributed by atoms with E-state index in [0.29, 0.717) is 12.5 Å². The zero-order chi connectivity index (χ0) is 17.5. The first-order chi connectivity index (χ1) is 12.2. The van der Waals surface area contributed by atoms with Crippen LogP contribution in [-0.4, -0.2) is 47.9 Å². The molecule has 0 atom stereocenters. The van der Waals surface area contributed by atoms with Crippen molar-refractivity contribution in [3.05, 3.63) is 35.9 Å². The van der Waals surface area contributed by atoms with Crippen molar-refractivity contribution in [2.75, 3.05) is 19.8 Å². The molecule has 0 aromatic heterocycles. The lowest BCUT2D eigenvalue weighted by atomic mass is 9.93. The summed E-state index contributed by atoms with van der Waals surface area (Å²) in [5, 5.41) is 12.8. The molecule has 1 aliphatic carbocycles. The van der Waals surface area contributed by atoms with Gasteiger partial charge in [0.1, 0.15) is 0 Å². The number of benzene rings is 1. The standard InChI is InChI=1S/C20H30N2O3/c23-19-8-6-18(7-9-19)21-20(24)22(14-16-4-2-1-3-5-16)15-17-10-12-25-13-11-17/h1-5,17-19,23H,6-15H2,(H,21,24). The molecule has 138 valence electrons. The molecule has 1 aliphatic heterocycles. The second kappa shape index (κ2) is 9.20. The number of carbonyl (C=O) groups excluding carboxylic acids is 1. The lowest BCUT2D eigenvalue weighted by Crippen LogP contribution is -2.47. The van der Waals surface area contributed by atoms with Crippen LogP contribution in [0, 0.1) is 5.92 Å². The summed E-state index contributed by atoms with van der Waals surface area (Å²) >= 11 is 0. The topological polar surface area (TPSA) is 61.8 Å². The van der Waals surface area contributed by atoms with Crippen LogP contribution in [0.1, 0.15) is 44.1 Å². The Balaban J connectivity index is 1.60. The highest BCUT2D eigenvalue weighted by Gasteiger charge is 2.25. The monoisotopic (exact) mass is 346 g/mol. The summed E-state index contributed by atoms with van der Waals surface area (Å²) in [5.74, 6) is 0.511. The van der Waals surface area contributed by atoms with Crippen LogP contribution in [0.15, 0.2) is 30.3 Å². The maximum atomic E-state index is 12.9. The highest BCUT2D eigenvalue weighted by Crippen LogP contribution is 2.20. The molecule has 0 unspecified atom stereocenters. The smallest absolute Gasteiger partial charge is 0.317 e. The number of carbonyl (C=O) groups is 1. The molecular formula is C20H30N2O3. The van der Waals surface area contributed by atoms with Crippen molar-refractivity contribution in [2.24, 2.45) is 5.92 Å². The minimum atomic E-state index is -0.198. The van der Waals surface area contributed by atoms with Gasteiger partial charge in [-0.1, -0.05) is 30.3 Å². The van der Waals surface area contributed by atoms with E-state index in [1.165, 1.54) is 0 Å². The fraction of sp³-hybridized carbons (Fsp3) is 0.650. The van der Waals surface area contributed by atoms with Crippen LogP contribution in [0.4, 0.5) is 4.79 Å². The number of aliphatic hydroxyl groups excluding tert-OH is 1. The van der Waals surface area contributed by atoms with Gasteiger partial charge in [-0.05, 0) is 50.0 Å². The van der Waals surface area contributed by atoms with Crippen LogP contribution in [0.5, 0.6) is 0 Å². The summed E-state index contributed by atoms with van der Waals surface area (Å²) in [6.45, 7) is 3.01. The Hall–Kier alpha value is -1.59. The number of nitrogens with one attached hydrogen (secondary N) is 1. The maximum Gasteiger partial charge on any atom is 0.317 e. The van der Waals surface area contributed by atoms with Gasteiger partial charge in [0.15, 0.2) is 0 Å². The Morgan fingerprint density at radius 3 is 2.44 bits per heavy atom. The van der Waals surface area contributed by atoms with Crippen molar-refractivity contribution in [1.82, 2.24) is 10.2 Å². The minimum Gasteiger partial charge on any atom is -0.393 e. The van der Waals surface area contributed by atoms with E-state index in [4.69, 9.17) is 4.74 Å². The number of urea groups is 1. The maximum absolute atomic E-state index is 12.9. The van der Waals surface area contributed by atoms with Gasteiger partial charge in [-0.25, -0.2) is 4.79 Å². The van der Waals surface area contributed by atoms with Crippen LogP contribution in [0.3, 0.4) is 0 Å². The van der Waals surface area contributed by atoms with E-state index in [-0.39, 0.29) is 18.2 Å². The average Bonchev–Trinajstić information content (AvgIpc) is 2.65.